The van der Waals surface area contributed by atoms with E-state index in [1.807, 2.05) is 39.1 Å². The van der Waals surface area contributed by atoms with Gasteiger partial charge < -0.3 is 21.1 Å². The van der Waals surface area contributed by atoms with Crippen molar-refractivity contribution in [3.8, 4) is 0 Å². The number of aliphatic hydroxyl groups excluding tert-OH is 1. The molecule has 0 saturated heterocycles. The highest BCUT2D eigenvalue weighted by Crippen LogP contribution is 2.25. The van der Waals surface area contributed by atoms with Crippen LogP contribution in [0, 0.1) is 13.8 Å². The van der Waals surface area contributed by atoms with E-state index in [1.165, 1.54) is 39.9 Å². The number of nitrogens with one attached hydrogen (secondary N) is 1. The molecule has 0 unspecified atom stereocenters. The summed E-state index contributed by atoms with van der Waals surface area (Å²) in [6.07, 6.45) is 29.8. The minimum atomic E-state index is -0.122. The maximum absolute atomic E-state index is 13.2. The van der Waals surface area contributed by atoms with Crippen molar-refractivity contribution in [1.82, 2.24) is 14.9 Å². The van der Waals surface area contributed by atoms with Crippen molar-refractivity contribution in [2.24, 2.45) is 0 Å². The number of aliphatic hydroxyl groups is 1. The molecule has 0 aliphatic rings. The molecule has 2 aromatic rings. The second-order valence-electron chi connectivity index (χ2n) is 18.2. The summed E-state index contributed by atoms with van der Waals surface area (Å²) in [5.74, 6) is 1.02. The van der Waals surface area contributed by atoms with Crippen LogP contribution in [0.4, 0.5) is 11.8 Å². The van der Waals surface area contributed by atoms with Gasteiger partial charge in [0.15, 0.2) is 5.78 Å². The lowest BCUT2D eigenvalue weighted by molar-refractivity contribution is -0.129. The Morgan fingerprint density at radius 3 is 1.76 bits per heavy atom. The largest absolute Gasteiger partial charge is 0.394 e. The highest BCUT2D eigenvalue weighted by molar-refractivity contribution is 5.96. The second kappa shape index (κ2) is 30.5. The predicted octanol–water partition coefficient (Wildman–Crippen LogP) is 13.6. The first-order valence-corrected chi connectivity index (χ1v) is 23.8. The summed E-state index contributed by atoms with van der Waals surface area (Å²) in [6.45, 7) is 22.0. The molecule has 0 fully saturated rings. The van der Waals surface area contributed by atoms with E-state index in [-0.39, 0.29) is 30.3 Å². The summed E-state index contributed by atoms with van der Waals surface area (Å²) in [6, 6.07) is 5.71. The number of carbonyl (C=O) groups excluding carboxylic acids is 2. The number of carbonyl (C=O) groups is 2. The number of nitrogens with zero attached hydrogens (tertiary/aromatic N) is 3. The molecule has 0 radical (unpaired) electrons. The number of aryl methyl sites for hydroxylation is 2. The molecule has 63 heavy (non-hydrogen) atoms. The third-order valence-electron chi connectivity index (χ3n) is 11.9. The number of hydrogen-bond donors (Lipinski definition) is 3. The molecule has 0 bridgehead atoms. The fourth-order valence-corrected chi connectivity index (χ4v) is 7.60. The Hall–Kier alpha value is -4.56. The Bertz CT molecular complexity index is 1930. The number of ketones is 1. The van der Waals surface area contributed by atoms with E-state index in [4.69, 9.17) is 5.73 Å². The van der Waals surface area contributed by atoms with Crippen LogP contribution >= 0.6 is 0 Å². The normalized spacial score (nSPS) is 13.3. The fraction of sp³-hybridized carbons (Fsp3) is 0.564. The van der Waals surface area contributed by atoms with E-state index in [2.05, 4.69) is 107 Å². The molecule has 1 aromatic carbocycles. The average Bonchev–Trinajstić information content (AvgIpc) is 3.22. The summed E-state index contributed by atoms with van der Waals surface area (Å²) in [5.41, 5.74) is 19.0. The standard InChI is InChI=1S/C55H85N5O3/c1-12-20-50(39-61)58-54-51(47(10)57-55(56)59-54)38-48-33-34-49(37-46(48)9)52(62)31-19-36-60(11)53(63)35-32-45(8)30-18-29-44(7)28-17-26-42(5)23-14-13-22-41(4)25-16-27-43(6)24-15-21-40(2)3/h21-23,27-28,30,33-34,37,50,61H,12-20,24-26,29,31-32,35-36,38-39H2,1-11H3,(H3,56,57,58,59)/b41-22+,42-23+,43-27+,44-28+,45-30+/t50-/m0/s1. The van der Waals surface area contributed by atoms with E-state index in [9.17, 15) is 14.7 Å². The number of aromatic nitrogens is 2. The van der Waals surface area contributed by atoms with Crippen LogP contribution in [0.1, 0.15) is 191 Å². The van der Waals surface area contributed by atoms with Gasteiger partial charge in [-0.2, -0.15) is 4.98 Å². The molecule has 8 nitrogen and oxygen atoms in total. The fourth-order valence-electron chi connectivity index (χ4n) is 7.60. The van der Waals surface area contributed by atoms with Crippen LogP contribution in [0.25, 0.3) is 0 Å². The monoisotopic (exact) mass is 864 g/mol. The number of anilines is 2. The Morgan fingerprint density at radius 1 is 0.730 bits per heavy atom. The molecule has 0 saturated carbocycles. The van der Waals surface area contributed by atoms with Crippen LogP contribution in [0.5, 0.6) is 0 Å². The summed E-state index contributed by atoms with van der Waals surface area (Å²) in [7, 11) is 1.83. The third kappa shape index (κ3) is 23.1. The van der Waals surface area contributed by atoms with E-state index in [1.54, 1.807) is 4.90 Å². The minimum Gasteiger partial charge on any atom is -0.394 e. The van der Waals surface area contributed by atoms with Crippen LogP contribution in [-0.2, 0) is 11.2 Å². The van der Waals surface area contributed by atoms with Crippen molar-refractivity contribution in [1.29, 1.82) is 0 Å². The van der Waals surface area contributed by atoms with Crippen molar-refractivity contribution in [3.63, 3.8) is 0 Å². The smallest absolute Gasteiger partial charge is 0.222 e. The van der Waals surface area contributed by atoms with Crippen molar-refractivity contribution < 1.29 is 14.7 Å². The maximum Gasteiger partial charge on any atom is 0.222 e. The molecule has 8 heteroatoms. The maximum atomic E-state index is 13.2. The Morgan fingerprint density at radius 2 is 1.25 bits per heavy atom. The molecule has 0 aliphatic heterocycles. The zero-order valence-electron chi connectivity index (χ0n) is 41.4. The van der Waals surface area contributed by atoms with E-state index < -0.39 is 0 Å². The highest BCUT2D eigenvalue weighted by atomic mass is 16.3. The van der Waals surface area contributed by atoms with Gasteiger partial charge in [0.1, 0.15) is 5.82 Å². The number of amides is 1. The molecular weight excluding hydrogens is 779 g/mol. The van der Waals surface area contributed by atoms with E-state index in [0.29, 0.717) is 43.6 Å². The Labute approximate surface area is 383 Å². The lowest BCUT2D eigenvalue weighted by Crippen LogP contribution is -2.27. The van der Waals surface area contributed by atoms with E-state index >= 15 is 0 Å². The third-order valence-corrected chi connectivity index (χ3v) is 11.9. The quantitative estimate of drug-likeness (QED) is 0.0406. The summed E-state index contributed by atoms with van der Waals surface area (Å²) in [5, 5.41) is 13.2. The lowest BCUT2D eigenvalue weighted by Gasteiger charge is -2.20. The number of allylic oxidation sites excluding steroid dienone is 12. The zero-order chi connectivity index (χ0) is 46.7. The molecule has 4 N–H and O–H groups in total. The second-order valence-corrected chi connectivity index (χ2v) is 18.2. The first-order valence-electron chi connectivity index (χ1n) is 23.8. The van der Waals surface area contributed by atoms with Crippen LogP contribution < -0.4 is 11.1 Å². The van der Waals surface area contributed by atoms with Gasteiger partial charge in [-0.3, -0.25) is 9.59 Å². The van der Waals surface area contributed by atoms with Crippen LogP contribution in [0.2, 0.25) is 0 Å². The number of benzene rings is 1. The number of nitrogens with two attached hydrogens (primary N) is 1. The number of rotatable bonds is 30. The number of nitrogen functional groups attached to an aromatic ring is 1. The lowest BCUT2D eigenvalue weighted by atomic mass is 9.95. The summed E-state index contributed by atoms with van der Waals surface area (Å²) in [4.78, 5) is 36.7. The molecule has 348 valence electrons. The van der Waals surface area contributed by atoms with Crippen molar-refractivity contribution in [3.05, 3.63) is 116 Å². The van der Waals surface area contributed by atoms with Gasteiger partial charge in [-0.15, -0.1) is 0 Å². The first-order chi connectivity index (χ1) is 30.0. The summed E-state index contributed by atoms with van der Waals surface area (Å²) < 4.78 is 0. The van der Waals surface area contributed by atoms with Gasteiger partial charge in [0, 0.05) is 49.7 Å². The van der Waals surface area contributed by atoms with Gasteiger partial charge in [-0.25, -0.2) is 4.98 Å². The van der Waals surface area contributed by atoms with Crippen molar-refractivity contribution in [2.45, 2.75) is 184 Å². The van der Waals surface area contributed by atoms with E-state index in [0.717, 1.165) is 99.4 Å². The SMILES string of the molecule is CCC[C@@H](CO)Nc1nc(N)nc(C)c1Cc1ccc(C(=O)CCCN(C)C(=O)CC/C(C)=C/CC/C(C)=C/CC/C(C)=C/CC/C=C(\C)CC/C=C(\C)CCC=C(C)C)cc1C. The molecule has 1 heterocycles. The molecule has 1 atom stereocenters. The van der Waals surface area contributed by atoms with Crippen molar-refractivity contribution >= 4 is 23.5 Å². The highest BCUT2D eigenvalue weighted by Gasteiger charge is 2.17. The van der Waals surface area contributed by atoms with Gasteiger partial charge in [0.05, 0.1) is 12.6 Å². The van der Waals surface area contributed by atoms with Crippen LogP contribution in [0.3, 0.4) is 0 Å². The molecule has 2 rings (SSSR count). The Balaban J connectivity index is 1.70. The molecule has 0 aliphatic carbocycles. The molecule has 1 amide bonds. The molecule has 0 spiro atoms. The van der Waals surface area contributed by atoms with Crippen LogP contribution in [-0.4, -0.2) is 57.9 Å². The van der Waals surface area contributed by atoms with Crippen LogP contribution in [0.15, 0.2) is 88.1 Å². The van der Waals surface area contributed by atoms with Gasteiger partial charge >= 0.3 is 0 Å². The van der Waals surface area contributed by atoms with Gasteiger partial charge in [0.2, 0.25) is 11.9 Å². The van der Waals surface area contributed by atoms with Crippen molar-refractivity contribution in [2.75, 3.05) is 31.2 Å². The predicted molar refractivity (Wildman–Crippen MR) is 269 cm³/mol. The molecular formula is C55H85N5O3. The summed E-state index contributed by atoms with van der Waals surface area (Å²) >= 11 is 0. The number of unbranched alkanes of at least 4 members (excludes halogenated alkanes) is 1. The zero-order valence-corrected chi connectivity index (χ0v) is 41.4. The number of hydrogen-bond acceptors (Lipinski definition) is 7. The first kappa shape index (κ1) is 54.6. The van der Waals surface area contributed by atoms with Gasteiger partial charge in [0.25, 0.3) is 0 Å². The Kier molecular flexibility index (Phi) is 26.4. The average molecular weight is 864 g/mol. The minimum absolute atomic E-state index is 0.000355. The topological polar surface area (TPSA) is 121 Å². The van der Waals surface area contributed by atoms with Gasteiger partial charge in [-0.05, 0) is 163 Å². The number of Topliss-reactive ketones (excluding diaryl/α,β-unsaturated/α-hetero) is 1. The van der Waals surface area contributed by atoms with Gasteiger partial charge in [-0.1, -0.05) is 95.4 Å². The molecule has 1 aromatic heterocycles.